The molecule has 2 N–H and O–H groups in total. The summed E-state index contributed by atoms with van der Waals surface area (Å²) in [6.45, 7) is 1.98. The minimum absolute atomic E-state index is 0.0921. The molecule has 0 saturated carbocycles. The summed E-state index contributed by atoms with van der Waals surface area (Å²) >= 11 is 11.8. The second-order valence-electron chi connectivity index (χ2n) is 5.01. The van der Waals surface area contributed by atoms with Gasteiger partial charge in [0.25, 0.3) is 0 Å². The third kappa shape index (κ3) is 4.98. The maximum atomic E-state index is 11.9. The molecule has 1 aromatic carbocycles. The molecule has 0 spiro atoms. The van der Waals surface area contributed by atoms with Crippen LogP contribution in [0.15, 0.2) is 36.5 Å². The first kappa shape index (κ1) is 16.7. The number of hydrogen-bond acceptors (Lipinski definition) is 3. The van der Waals surface area contributed by atoms with Crippen molar-refractivity contribution in [3.8, 4) is 0 Å². The second-order valence-corrected chi connectivity index (χ2v) is 5.88. The Balaban J connectivity index is 1.88. The molecule has 4 nitrogen and oxygen atoms in total. The average Bonchev–Trinajstić information content (AvgIpc) is 2.46. The van der Waals surface area contributed by atoms with Gasteiger partial charge < -0.3 is 10.4 Å². The molecule has 0 unspecified atom stereocenters. The molecule has 0 aliphatic heterocycles. The van der Waals surface area contributed by atoms with Crippen LogP contribution in [0.5, 0.6) is 0 Å². The number of aliphatic hydroxyl groups is 1. The zero-order chi connectivity index (χ0) is 16.1. The number of nitrogens with zero attached hydrogens (tertiary/aromatic N) is 1. The molecule has 0 aliphatic carbocycles. The molecule has 1 aromatic heterocycles. The molecule has 1 heterocycles. The molecule has 2 aromatic rings. The minimum atomic E-state index is -0.865. The highest BCUT2D eigenvalue weighted by Crippen LogP contribution is 2.23. The summed E-state index contributed by atoms with van der Waals surface area (Å²) in [7, 11) is 0. The predicted octanol–water partition coefficient (Wildman–Crippen LogP) is 3.09. The molecule has 0 bridgehead atoms. The fourth-order valence-electron chi connectivity index (χ4n) is 1.95. The Morgan fingerprint density at radius 1 is 1.27 bits per heavy atom. The lowest BCUT2D eigenvalue weighted by atomic mass is 10.1. The van der Waals surface area contributed by atoms with Crippen molar-refractivity contribution in [2.75, 3.05) is 6.54 Å². The van der Waals surface area contributed by atoms with Crippen LogP contribution in [0.4, 0.5) is 0 Å². The number of halogens is 2. The van der Waals surface area contributed by atoms with Gasteiger partial charge in [0.1, 0.15) is 0 Å². The number of amides is 1. The second kappa shape index (κ2) is 7.58. The third-order valence-corrected chi connectivity index (χ3v) is 3.54. The molecular weight excluding hydrogens is 323 g/mol. The summed E-state index contributed by atoms with van der Waals surface area (Å²) in [6, 6.07) is 8.53. The van der Waals surface area contributed by atoms with Gasteiger partial charge in [-0.2, -0.15) is 0 Å². The molecule has 1 atom stereocenters. The van der Waals surface area contributed by atoms with Crippen LogP contribution >= 0.6 is 23.2 Å². The van der Waals surface area contributed by atoms with Gasteiger partial charge in [-0.05, 0) is 42.3 Å². The Labute approximate surface area is 139 Å². The monoisotopic (exact) mass is 338 g/mol. The number of hydrogen-bond donors (Lipinski definition) is 2. The van der Waals surface area contributed by atoms with Gasteiger partial charge in [-0.3, -0.25) is 9.78 Å². The van der Waals surface area contributed by atoms with Crippen LogP contribution in [-0.2, 0) is 11.2 Å². The van der Waals surface area contributed by atoms with Crippen LogP contribution in [0.1, 0.15) is 22.9 Å². The van der Waals surface area contributed by atoms with Crippen molar-refractivity contribution < 1.29 is 9.90 Å². The maximum Gasteiger partial charge on any atom is 0.224 e. The van der Waals surface area contributed by atoms with Gasteiger partial charge in [-0.15, -0.1) is 0 Å². The number of aryl methyl sites for hydroxylation is 1. The zero-order valence-corrected chi connectivity index (χ0v) is 13.5. The van der Waals surface area contributed by atoms with Crippen LogP contribution < -0.4 is 5.32 Å². The molecule has 0 saturated heterocycles. The smallest absolute Gasteiger partial charge is 0.224 e. The lowest BCUT2D eigenvalue weighted by Gasteiger charge is -2.13. The number of carbonyl (C=O) groups excluding carboxylic acids is 1. The van der Waals surface area contributed by atoms with Gasteiger partial charge >= 0.3 is 0 Å². The fraction of sp³-hybridized carbons (Fsp3) is 0.250. The SMILES string of the molecule is Cc1ccc(CC(=O)NC[C@H](O)c2cc(Cl)cc(Cl)c2)cn1. The van der Waals surface area contributed by atoms with E-state index < -0.39 is 6.10 Å². The first-order valence-corrected chi connectivity index (χ1v) is 7.52. The third-order valence-electron chi connectivity index (χ3n) is 3.10. The van der Waals surface area contributed by atoms with E-state index in [1.54, 1.807) is 24.4 Å². The molecule has 116 valence electrons. The maximum absolute atomic E-state index is 11.9. The Morgan fingerprint density at radius 2 is 1.95 bits per heavy atom. The van der Waals surface area contributed by atoms with Crippen LogP contribution in [0, 0.1) is 6.92 Å². The summed E-state index contributed by atoms with van der Waals surface area (Å²) in [4.78, 5) is 16.0. The van der Waals surface area contributed by atoms with Gasteiger partial charge in [0.05, 0.1) is 12.5 Å². The quantitative estimate of drug-likeness (QED) is 0.880. The number of rotatable bonds is 5. The molecule has 0 radical (unpaired) electrons. The molecular formula is C16H16Cl2N2O2. The van der Waals surface area contributed by atoms with Gasteiger partial charge in [0.15, 0.2) is 0 Å². The summed E-state index contributed by atoms with van der Waals surface area (Å²) in [5, 5.41) is 13.6. The van der Waals surface area contributed by atoms with Gasteiger partial charge in [0, 0.05) is 28.5 Å². The first-order chi connectivity index (χ1) is 10.4. The lowest BCUT2D eigenvalue weighted by Crippen LogP contribution is -2.29. The number of benzene rings is 1. The summed E-state index contributed by atoms with van der Waals surface area (Å²) < 4.78 is 0. The van der Waals surface area contributed by atoms with Crippen molar-refractivity contribution in [2.24, 2.45) is 0 Å². The predicted molar refractivity (Wildman–Crippen MR) is 87.1 cm³/mol. The van der Waals surface area contributed by atoms with Gasteiger partial charge in [-0.25, -0.2) is 0 Å². The molecule has 22 heavy (non-hydrogen) atoms. The summed E-state index contributed by atoms with van der Waals surface area (Å²) in [6.07, 6.45) is 1.02. The minimum Gasteiger partial charge on any atom is -0.387 e. The number of carbonyl (C=O) groups is 1. The number of nitrogens with one attached hydrogen (secondary N) is 1. The van der Waals surface area contributed by atoms with E-state index in [0.29, 0.717) is 15.6 Å². The first-order valence-electron chi connectivity index (χ1n) is 6.76. The Bertz CT molecular complexity index is 639. The van der Waals surface area contributed by atoms with Crippen molar-refractivity contribution in [2.45, 2.75) is 19.4 Å². The van der Waals surface area contributed by atoms with Gasteiger partial charge in [-0.1, -0.05) is 29.3 Å². The highest BCUT2D eigenvalue weighted by atomic mass is 35.5. The Hall–Kier alpha value is -1.62. The van der Waals surface area contributed by atoms with Crippen molar-refractivity contribution in [3.63, 3.8) is 0 Å². The van der Waals surface area contributed by atoms with Crippen molar-refractivity contribution in [1.82, 2.24) is 10.3 Å². The number of aliphatic hydroxyl groups excluding tert-OH is 1. The molecule has 0 fully saturated rings. The largest absolute Gasteiger partial charge is 0.387 e. The highest BCUT2D eigenvalue weighted by molar-refractivity contribution is 6.34. The summed E-state index contributed by atoms with van der Waals surface area (Å²) in [5.74, 6) is -0.183. The number of aromatic nitrogens is 1. The molecule has 0 aliphatic rings. The van der Waals surface area contributed by atoms with E-state index in [4.69, 9.17) is 23.2 Å². The Kier molecular flexibility index (Phi) is 5.77. The summed E-state index contributed by atoms with van der Waals surface area (Å²) in [5.41, 5.74) is 2.29. The average molecular weight is 339 g/mol. The standard InChI is InChI=1S/C16H16Cl2N2O2/c1-10-2-3-11(8-19-10)4-16(22)20-9-15(21)12-5-13(17)7-14(18)6-12/h2-3,5-8,15,21H,4,9H2,1H3,(H,20,22)/t15-/m0/s1. The molecule has 1 amide bonds. The van der Waals surface area contributed by atoms with Crippen LogP contribution in [-0.4, -0.2) is 22.5 Å². The van der Waals surface area contributed by atoms with E-state index in [-0.39, 0.29) is 18.9 Å². The van der Waals surface area contributed by atoms with E-state index >= 15 is 0 Å². The van der Waals surface area contributed by atoms with Crippen LogP contribution in [0.2, 0.25) is 10.0 Å². The van der Waals surface area contributed by atoms with E-state index in [1.165, 1.54) is 0 Å². The Morgan fingerprint density at radius 3 is 2.55 bits per heavy atom. The van der Waals surface area contributed by atoms with E-state index in [2.05, 4.69) is 10.3 Å². The fourth-order valence-corrected chi connectivity index (χ4v) is 2.49. The molecule has 2 rings (SSSR count). The zero-order valence-electron chi connectivity index (χ0n) is 12.0. The molecule has 6 heteroatoms. The van der Waals surface area contributed by atoms with Crippen molar-refractivity contribution in [1.29, 1.82) is 0 Å². The van der Waals surface area contributed by atoms with Crippen LogP contribution in [0.3, 0.4) is 0 Å². The lowest BCUT2D eigenvalue weighted by molar-refractivity contribution is -0.120. The highest BCUT2D eigenvalue weighted by Gasteiger charge is 2.11. The van der Waals surface area contributed by atoms with Crippen molar-refractivity contribution in [3.05, 3.63) is 63.4 Å². The van der Waals surface area contributed by atoms with Gasteiger partial charge in [0.2, 0.25) is 5.91 Å². The van der Waals surface area contributed by atoms with E-state index in [9.17, 15) is 9.90 Å². The van der Waals surface area contributed by atoms with Crippen molar-refractivity contribution >= 4 is 29.1 Å². The van der Waals surface area contributed by atoms with Crippen LogP contribution in [0.25, 0.3) is 0 Å². The van der Waals surface area contributed by atoms with E-state index in [0.717, 1.165) is 11.3 Å². The van der Waals surface area contributed by atoms with E-state index in [1.807, 2.05) is 19.1 Å². The normalized spacial score (nSPS) is 12.0. The topological polar surface area (TPSA) is 62.2 Å². The number of pyridine rings is 1.